The van der Waals surface area contributed by atoms with Gasteiger partial charge in [0.05, 0.1) is 6.61 Å². The van der Waals surface area contributed by atoms with Gasteiger partial charge in [0.15, 0.2) is 0 Å². The summed E-state index contributed by atoms with van der Waals surface area (Å²) in [5, 5.41) is 0. The number of piperazine rings is 1. The van der Waals surface area contributed by atoms with Gasteiger partial charge in [-0.1, -0.05) is 91.0 Å². The van der Waals surface area contributed by atoms with E-state index in [-0.39, 0.29) is 6.10 Å². The number of ether oxygens (including phenoxy) is 1. The van der Waals surface area contributed by atoms with Gasteiger partial charge in [-0.05, 0) is 47.2 Å². The molecule has 0 aromatic heterocycles. The topological polar surface area (TPSA) is 15.7 Å². The first-order valence-corrected chi connectivity index (χ1v) is 12.3. The van der Waals surface area contributed by atoms with Crippen LogP contribution < -0.4 is 0 Å². The van der Waals surface area contributed by atoms with Gasteiger partial charge in [0.25, 0.3) is 0 Å². The van der Waals surface area contributed by atoms with E-state index in [2.05, 4.69) is 101 Å². The third-order valence-corrected chi connectivity index (χ3v) is 6.94. The van der Waals surface area contributed by atoms with Gasteiger partial charge in [0.1, 0.15) is 6.10 Å². The minimum absolute atomic E-state index is 0.00771. The molecule has 1 aliphatic heterocycles. The summed E-state index contributed by atoms with van der Waals surface area (Å²) < 4.78 is 6.56. The van der Waals surface area contributed by atoms with Gasteiger partial charge < -0.3 is 9.64 Å². The first kappa shape index (κ1) is 22.1. The highest BCUT2D eigenvalue weighted by Crippen LogP contribution is 2.35. The number of hydrogen-bond donors (Lipinski definition) is 0. The minimum Gasteiger partial charge on any atom is -0.367 e. The normalized spacial score (nSPS) is 16.8. The Labute approximate surface area is 198 Å². The number of aryl methyl sites for hydroxylation is 1. The molecule has 3 aromatic carbocycles. The Bertz CT molecular complexity index is 1000. The summed E-state index contributed by atoms with van der Waals surface area (Å²) in [5.74, 6) is 0. The fourth-order valence-corrected chi connectivity index (χ4v) is 5.02. The SMILES string of the molecule is C1=Cc2ccccc2C(OCCN2CCN(CCCc3ccccc3)CC2)c2ccccc21. The van der Waals surface area contributed by atoms with Crippen molar-refractivity contribution in [3.63, 3.8) is 0 Å². The minimum atomic E-state index is -0.00771. The Morgan fingerprint density at radius 1 is 0.636 bits per heavy atom. The third-order valence-electron chi connectivity index (χ3n) is 6.94. The highest BCUT2D eigenvalue weighted by Gasteiger charge is 2.22. The molecule has 170 valence electrons. The van der Waals surface area contributed by atoms with E-state index in [1.807, 2.05) is 0 Å². The molecule has 0 N–H and O–H groups in total. The first-order valence-electron chi connectivity index (χ1n) is 12.3. The molecule has 1 aliphatic carbocycles. The lowest BCUT2D eigenvalue weighted by molar-refractivity contribution is 0.0451. The molecule has 3 nitrogen and oxygen atoms in total. The predicted octanol–water partition coefficient (Wildman–Crippen LogP) is 5.53. The second-order valence-corrected chi connectivity index (χ2v) is 9.11. The van der Waals surface area contributed by atoms with Crippen LogP contribution in [0.15, 0.2) is 78.9 Å². The maximum atomic E-state index is 6.56. The molecule has 3 heteroatoms. The lowest BCUT2D eigenvalue weighted by Gasteiger charge is -2.35. The maximum absolute atomic E-state index is 6.56. The highest BCUT2D eigenvalue weighted by molar-refractivity contribution is 5.76. The van der Waals surface area contributed by atoms with Crippen molar-refractivity contribution in [2.24, 2.45) is 0 Å². The van der Waals surface area contributed by atoms with Crippen LogP contribution in [0.25, 0.3) is 12.2 Å². The van der Waals surface area contributed by atoms with Crippen LogP contribution in [0.3, 0.4) is 0 Å². The first-order chi connectivity index (χ1) is 16.4. The fourth-order valence-electron chi connectivity index (χ4n) is 5.02. The summed E-state index contributed by atoms with van der Waals surface area (Å²) in [5.41, 5.74) is 6.49. The molecule has 2 aliphatic rings. The molecule has 0 unspecified atom stereocenters. The Kier molecular flexibility index (Phi) is 7.32. The summed E-state index contributed by atoms with van der Waals surface area (Å²) in [7, 11) is 0. The standard InChI is InChI=1S/C30H34N2O/c1-2-9-25(10-3-1)11-8-18-31-19-21-32(22-20-31)23-24-33-30-28-14-6-4-12-26(28)16-17-27-13-5-7-15-29(27)30/h1-7,9-10,12-17,30H,8,11,18-24H2. The lowest BCUT2D eigenvalue weighted by Crippen LogP contribution is -2.47. The lowest BCUT2D eigenvalue weighted by atomic mass is 9.96. The zero-order chi connectivity index (χ0) is 22.3. The fraction of sp³-hybridized carbons (Fsp3) is 0.333. The van der Waals surface area contributed by atoms with Gasteiger partial charge in [-0.15, -0.1) is 0 Å². The smallest absolute Gasteiger partial charge is 0.109 e. The molecule has 33 heavy (non-hydrogen) atoms. The van der Waals surface area contributed by atoms with E-state index in [0.29, 0.717) is 0 Å². The van der Waals surface area contributed by atoms with Crippen molar-refractivity contribution in [2.45, 2.75) is 18.9 Å². The van der Waals surface area contributed by atoms with Crippen LogP contribution in [0.4, 0.5) is 0 Å². The van der Waals surface area contributed by atoms with Gasteiger partial charge in [-0.2, -0.15) is 0 Å². The van der Waals surface area contributed by atoms with Crippen LogP contribution in [0.2, 0.25) is 0 Å². The van der Waals surface area contributed by atoms with Gasteiger partial charge in [0, 0.05) is 32.7 Å². The van der Waals surface area contributed by atoms with Gasteiger partial charge in [-0.25, -0.2) is 0 Å². The van der Waals surface area contributed by atoms with Crippen molar-refractivity contribution in [3.05, 3.63) is 107 Å². The van der Waals surface area contributed by atoms with Gasteiger partial charge >= 0.3 is 0 Å². The van der Waals surface area contributed by atoms with Crippen LogP contribution in [0.5, 0.6) is 0 Å². The predicted molar refractivity (Wildman–Crippen MR) is 137 cm³/mol. The zero-order valence-corrected chi connectivity index (χ0v) is 19.4. The molecule has 1 fully saturated rings. The maximum Gasteiger partial charge on any atom is 0.109 e. The second kappa shape index (κ2) is 10.9. The third kappa shape index (κ3) is 5.62. The number of benzene rings is 3. The van der Waals surface area contributed by atoms with Crippen molar-refractivity contribution in [2.75, 3.05) is 45.9 Å². The molecule has 0 saturated carbocycles. The molecule has 0 amide bonds. The van der Waals surface area contributed by atoms with E-state index in [9.17, 15) is 0 Å². The van der Waals surface area contributed by atoms with Crippen LogP contribution in [-0.2, 0) is 11.2 Å². The summed E-state index contributed by atoms with van der Waals surface area (Å²) in [6, 6.07) is 28.1. The second-order valence-electron chi connectivity index (χ2n) is 9.11. The molecule has 0 bridgehead atoms. The van der Waals surface area contributed by atoms with E-state index in [1.165, 1.54) is 47.2 Å². The van der Waals surface area contributed by atoms with E-state index >= 15 is 0 Å². The average Bonchev–Trinajstić information content (AvgIpc) is 3.03. The number of hydrogen-bond acceptors (Lipinski definition) is 3. The van der Waals surface area contributed by atoms with Crippen molar-refractivity contribution in [1.29, 1.82) is 0 Å². The largest absolute Gasteiger partial charge is 0.367 e. The molecule has 5 rings (SSSR count). The average molecular weight is 439 g/mol. The van der Waals surface area contributed by atoms with E-state index in [0.717, 1.165) is 39.3 Å². The van der Waals surface area contributed by atoms with Gasteiger partial charge in [-0.3, -0.25) is 4.90 Å². The quantitative estimate of drug-likeness (QED) is 0.460. The summed E-state index contributed by atoms with van der Waals surface area (Å²) >= 11 is 0. The Morgan fingerprint density at radius 2 is 1.18 bits per heavy atom. The van der Waals surface area contributed by atoms with Crippen molar-refractivity contribution < 1.29 is 4.74 Å². The number of nitrogens with zero attached hydrogens (tertiary/aromatic N) is 2. The molecular weight excluding hydrogens is 404 g/mol. The Balaban J connectivity index is 1.10. The van der Waals surface area contributed by atoms with Crippen LogP contribution >= 0.6 is 0 Å². The van der Waals surface area contributed by atoms with Crippen LogP contribution in [0.1, 0.15) is 40.3 Å². The molecule has 0 radical (unpaired) electrons. The summed E-state index contributed by atoms with van der Waals surface area (Å²) in [6.07, 6.45) is 6.84. The molecular formula is C30H34N2O. The molecule has 3 aromatic rings. The molecule has 0 spiro atoms. The van der Waals surface area contributed by atoms with Crippen molar-refractivity contribution in [3.8, 4) is 0 Å². The monoisotopic (exact) mass is 438 g/mol. The van der Waals surface area contributed by atoms with Crippen LogP contribution in [-0.4, -0.2) is 55.7 Å². The van der Waals surface area contributed by atoms with E-state index in [4.69, 9.17) is 4.74 Å². The molecule has 1 saturated heterocycles. The Morgan fingerprint density at radius 3 is 1.82 bits per heavy atom. The number of fused-ring (bicyclic) bond motifs is 2. The molecule has 0 atom stereocenters. The van der Waals surface area contributed by atoms with Gasteiger partial charge in [0.2, 0.25) is 0 Å². The van der Waals surface area contributed by atoms with E-state index in [1.54, 1.807) is 0 Å². The molecule has 1 heterocycles. The Hall–Kier alpha value is -2.72. The number of rotatable bonds is 8. The summed E-state index contributed by atoms with van der Waals surface area (Å²) in [4.78, 5) is 5.17. The summed E-state index contributed by atoms with van der Waals surface area (Å²) in [6.45, 7) is 7.53. The van der Waals surface area contributed by atoms with Crippen LogP contribution in [0, 0.1) is 0 Å². The zero-order valence-electron chi connectivity index (χ0n) is 19.4. The highest BCUT2D eigenvalue weighted by atomic mass is 16.5. The van der Waals surface area contributed by atoms with E-state index < -0.39 is 0 Å². The van der Waals surface area contributed by atoms with Crippen molar-refractivity contribution in [1.82, 2.24) is 9.80 Å². The van der Waals surface area contributed by atoms with Crippen molar-refractivity contribution >= 4 is 12.2 Å².